The van der Waals surface area contributed by atoms with Gasteiger partial charge >= 0.3 is 5.92 Å². The van der Waals surface area contributed by atoms with E-state index in [1.165, 1.54) is 18.3 Å². The molecule has 160 valence electrons. The van der Waals surface area contributed by atoms with Crippen LogP contribution in [0.15, 0.2) is 77.6 Å². The molecular weight excluding hydrogens is 416 g/mol. The first kappa shape index (κ1) is 19.7. The van der Waals surface area contributed by atoms with Crippen LogP contribution in [0.4, 0.5) is 14.5 Å². The molecule has 10 heteroatoms. The molecule has 0 radical (unpaired) electrons. The van der Waals surface area contributed by atoms with Gasteiger partial charge in [0.05, 0.1) is 18.7 Å². The Labute approximate surface area is 180 Å². The van der Waals surface area contributed by atoms with Gasteiger partial charge in [0.1, 0.15) is 22.0 Å². The standard InChI is InChI=1S/C22H17F2N7O/c23-22(24,19-10-3-4-11-25-19)13-26-16-7-5-9-18-21(16)28-20(32-18)12-15-6-1-2-8-17(15)31-14-27-29-30-31/h1-11,14,26H,12-13H2/p+1. The number of fused-ring (bicyclic) bond motifs is 1. The third kappa shape index (κ3) is 3.89. The van der Waals surface area contributed by atoms with Crippen LogP contribution in [0.25, 0.3) is 16.8 Å². The number of aromatic amines is 1. The second kappa shape index (κ2) is 8.14. The van der Waals surface area contributed by atoms with Gasteiger partial charge in [-0.25, -0.2) is 4.98 Å². The molecule has 0 aliphatic heterocycles. The SMILES string of the molecule is FC(F)(CNc1cccc2oc(Cc3ccccc3-[n+]3cnn[nH]3)nc12)c1ccccn1. The van der Waals surface area contributed by atoms with Crippen LogP contribution in [0, 0.1) is 0 Å². The Bertz CT molecular complexity index is 1340. The Hall–Kier alpha value is -4.21. The molecule has 0 unspecified atom stereocenters. The van der Waals surface area contributed by atoms with Gasteiger partial charge in [-0.3, -0.25) is 4.98 Å². The summed E-state index contributed by atoms with van der Waals surface area (Å²) in [5.41, 5.74) is 2.98. The first-order chi connectivity index (χ1) is 15.6. The molecule has 5 aromatic rings. The number of hydrogen-bond acceptors (Lipinski definition) is 6. The lowest BCUT2D eigenvalue weighted by Gasteiger charge is -2.17. The van der Waals surface area contributed by atoms with E-state index in [9.17, 15) is 8.78 Å². The van der Waals surface area contributed by atoms with Crippen LogP contribution >= 0.6 is 0 Å². The number of anilines is 1. The van der Waals surface area contributed by atoms with Crippen molar-refractivity contribution in [3.8, 4) is 5.69 Å². The maximum atomic E-state index is 14.5. The van der Waals surface area contributed by atoms with E-state index in [2.05, 4.69) is 30.8 Å². The molecule has 0 amide bonds. The maximum Gasteiger partial charge on any atom is 0.306 e. The summed E-state index contributed by atoms with van der Waals surface area (Å²) in [5.74, 6) is -2.67. The van der Waals surface area contributed by atoms with Crippen molar-refractivity contribution >= 4 is 16.8 Å². The number of rotatable bonds is 7. The third-order valence-corrected chi connectivity index (χ3v) is 4.97. The Morgan fingerprint density at radius 1 is 1.03 bits per heavy atom. The normalized spacial score (nSPS) is 11.7. The van der Waals surface area contributed by atoms with Crippen LogP contribution in [0.3, 0.4) is 0 Å². The number of nitrogens with one attached hydrogen (secondary N) is 2. The number of aromatic nitrogens is 6. The fourth-order valence-electron chi connectivity index (χ4n) is 3.44. The highest BCUT2D eigenvalue weighted by molar-refractivity contribution is 5.86. The van der Waals surface area contributed by atoms with Crippen LogP contribution in [-0.2, 0) is 12.3 Å². The van der Waals surface area contributed by atoms with Crippen molar-refractivity contribution in [1.29, 1.82) is 0 Å². The number of H-pyrrole nitrogens is 1. The van der Waals surface area contributed by atoms with Crippen molar-refractivity contribution in [3.63, 3.8) is 0 Å². The lowest BCUT2D eigenvalue weighted by molar-refractivity contribution is -0.660. The quantitative estimate of drug-likeness (QED) is 0.381. The van der Waals surface area contributed by atoms with Crippen LogP contribution in [0.5, 0.6) is 0 Å². The molecular formula is C22H18F2N7O+. The van der Waals surface area contributed by atoms with Crippen molar-refractivity contribution < 1.29 is 17.9 Å². The van der Waals surface area contributed by atoms with E-state index < -0.39 is 12.5 Å². The number of tetrazole rings is 1. The van der Waals surface area contributed by atoms with Crippen molar-refractivity contribution in [2.24, 2.45) is 0 Å². The molecule has 0 bridgehead atoms. The van der Waals surface area contributed by atoms with Gasteiger partial charge in [0.25, 0.3) is 6.33 Å². The molecule has 0 fully saturated rings. The second-order valence-electron chi connectivity index (χ2n) is 7.14. The number of benzene rings is 2. The summed E-state index contributed by atoms with van der Waals surface area (Å²) in [6.45, 7) is -0.613. The van der Waals surface area contributed by atoms with E-state index in [-0.39, 0.29) is 5.69 Å². The highest BCUT2D eigenvalue weighted by Crippen LogP contribution is 2.29. The molecule has 3 aromatic heterocycles. The zero-order valence-corrected chi connectivity index (χ0v) is 16.7. The summed E-state index contributed by atoms with van der Waals surface area (Å²) in [6.07, 6.45) is 3.32. The van der Waals surface area contributed by atoms with Crippen molar-refractivity contribution in [2.45, 2.75) is 12.3 Å². The predicted octanol–water partition coefficient (Wildman–Crippen LogP) is 3.41. The van der Waals surface area contributed by atoms with E-state index in [1.54, 1.807) is 35.3 Å². The summed E-state index contributed by atoms with van der Waals surface area (Å²) in [4.78, 5) is 8.33. The molecule has 0 aliphatic carbocycles. The molecule has 0 atom stereocenters. The number of pyridine rings is 1. The molecule has 0 spiro atoms. The van der Waals surface area contributed by atoms with Crippen molar-refractivity contribution in [2.75, 3.05) is 11.9 Å². The van der Waals surface area contributed by atoms with Crippen molar-refractivity contribution in [1.82, 2.24) is 25.5 Å². The van der Waals surface area contributed by atoms with Crippen LogP contribution in [0.1, 0.15) is 17.1 Å². The van der Waals surface area contributed by atoms with Gasteiger partial charge in [0.2, 0.25) is 0 Å². The van der Waals surface area contributed by atoms with E-state index in [4.69, 9.17) is 4.42 Å². The minimum atomic E-state index is -3.13. The molecule has 0 saturated carbocycles. The fraction of sp³-hybridized carbons (Fsp3) is 0.136. The molecule has 8 nitrogen and oxygen atoms in total. The number of nitrogens with zero attached hydrogens (tertiary/aromatic N) is 5. The Morgan fingerprint density at radius 2 is 1.91 bits per heavy atom. The third-order valence-electron chi connectivity index (χ3n) is 4.97. The predicted molar refractivity (Wildman–Crippen MR) is 111 cm³/mol. The minimum absolute atomic E-state index is 0.289. The largest absolute Gasteiger partial charge is 0.440 e. The van der Waals surface area contributed by atoms with Gasteiger partial charge < -0.3 is 9.73 Å². The van der Waals surface area contributed by atoms with E-state index in [1.807, 2.05) is 24.3 Å². The minimum Gasteiger partial charge on any atom is -0.440 e. The van der Waals surface area contributed by atoms with E-state index in [0.717, 1.165) is 11.3 Å². The fourth-order valence-corrected chi connectivity index (χ4v) is 3.44. The summed E-state index contributed by atoms with van der Waals surface area (Å²) in [7, 11) is 0. The Balaban J connectivity index is 1.40. The van der Waals surface area contributed by atoms with Crippen LogP contribution in [-0.4, -0.2) is 32.0 Å². The first-order valence-electron chi connectivity index (χ1n) is 9.88. The molecule has 0 aliphatic rings. The van der Waals surface area contributed by atoms with Gasteiger partial charge in [-0.05, 0) is 30.3 Å². The highest BCUT2D eigenvalue weighted by atomic mass is 19.3. The van der Waals surface area contributed by atoms with Gasteiger partial charge in [-0.2, -0.15) is 8.78 Å². The summed E-state index contributed by atoms with van der Waals surface area (Å²) < 4.78 is 36.6. The van der Waals surface area contributed by atoms with E-state index in [0.29, 0.717) is 29.1 Å². The van der Waals surface area contributed by atoms with Crippen molar-refractivity contribution in [3.05, 3.63) is 90.3 Å². The zero-order valence-electron chi connectivity index (χ0n) is 16.7. The average molecular weight is 434 g/mol. The van der Waals surface area contributed by atoms with Gasteiger partial charge in [-0.1, -0.05) is 35.5 Å². The molecule has 0 saturated heterocycles. The first-order valence-corrected chi connectivity index (χ1v) is 9.88. The molecule has 2 N–H and O–H groups in total. The second-order valence-corrected chi connectivity index (χ2v) is 7.14. The van der Waals surface area contributed by atoms with Crippen LogP contribution in [0.2, 0.25) is 0 Å². The average Bonchev–Trinajstić information content (AvgIpc) is 3.49. The number of para-hydroxylation sites is 2. The smallest absolute Gasteiger partial charge is 0.306 e. The molecule has 32 heavy (non-hydrogen) atoms. The Kier molecular flexibility index (Phi) is 5.02. The van der Waals surface area contributed by atoms with Gasteiger partial charge in [0.15, 0.2) is 16.7 Å². The number of oxazole rings is 1. The summed E-state index contributed by atoms with van der Waals surface area (Å²) >= 11 is 0. The molecule has 5 rings (SSSR count). The summed E-state index contributed by atoms with van der Waals surface area (Å²) in [6, 6.07) is 17.3. The maximum absolute atomic E-state index is 14.5. The van der Waals surface area contributed by atoms with Gasteiger partial charge in [0, 0.05) is 11.8 Å². The molecule has 3 heterocycles. The lowest BCUT2D eigenvalue weighted by Crippen LogP contribution is -2.33. The lowest BCUT2D eigenvalue weighted by atomic mass is 10.1. The number of halogens is 2. The topological polar surface area (TPSA) is 96.4 Å². The van der Waals surface area contributed by atoms with E-state index >= 15 is 0 Å². The molecule has 2 aromatic carbocycles. The summed E-state index contributed by atoms with van der Waals surface area (Å²) in [5, 5.41) is 13.1. The number of hydrogen-bond donors (Lipinski definition) is 2. The zero-order chi connectivity index (χ0) is 22.0. The Morgan fingerprint density at radius 3 is 2.72 bits per heavy atom. The van der Waals surface area contributed by atoms with Gasteiger partial charge in [-0.15, -0.1) is 4.68 Å². The highest BCUT2D eigenvalue weighted by Gasteiger charge is 2.33. The number of alkyl halides is 2. The van der Waals surface area contributed by atoms with Crippen LogP contribution < -0.4 is 10.00 Å². The monoisotopic (exact) mass is 434 g/mol.